The number of rotatable bonds is 4. The van der Waals surface area contributed by atoms with Crippen LogP contribution >= 0.6 is 11.6 Å². The first kappa shape index (κ1) is 9.72. The lowest BCUT2D eigenvalue weighted by atomic mass is 10.2. The van der Waals surface area contributed by atoms with Crippen molar-refractivity contribution in [3.8, 4) is 0 Å². The van der Waals surface area contributed by atoms with Crippen LogP contribution < -0.4 is 0 Å². The second-order valence-corrected chi connectivity index (χ2v) is 2.78. The van der Waals surface area contributed by atoms with Crippen LogP contribution in [0.15, 0.2) is 0 Å². The number of halogens is 1. The summed E-state index contributed by atoms with van der Waals surface area (Å²) in [6.07, 6.45) is 1.11. The molecule has 0 radical (unpaired) electrons. The van der Waals surface area contributed by atoms with Gasteiger partial charge in [-0.05, 0) is 13.8 Å². The van der Waals surface area contributed by atoms with Crippen LogP contribution in [-0.2, 0) is 4.84 Å². The van der Waals surface area contributed by atoms with Gasteiger partial charge in [0.2, 0.25) is 0 Å². The molecule has 0 amide bonds. The fraction of sp³-hybridized carbons (Fsp3) is 0.833. The van der Waals surface area contributed by atoms with Crippen LogP contribution in [0.5, 0.6) is 0 Å². The minimum Gasteiger partial charge on any atom is -0.289 e. The van der Waals surface area contributed by atoms with E-state index in [2.05, 4.69) is 0 Å². The van der Waals surface area contributed by atoms with E-state index >= 15 is 0 Å². The topological polar surface area (TPSA) is 36.3 Å². The van der Waals surface area contributed by atoms with Crippen molar-refractivity contribution in [3.63, 3.8) is 0 Å². The maximum atomic E-state index is 6.90. The molecular formula is C6H13ClN2O. The molecular weight excluding hydrogens is 152 g/mol. The van der Waals surface area contributed by atoms with Gasteiger partial charge >= 0.3 is 0 Å². The standard InChI is InChI=1S/C6H13ClN2O/c1-5(7)6(2)9(4-8)10-3/h4-6,8H,1-3H3/t5-,6?/m1/s1. The quantitative estimate of drug-likeness (QED) is 0.296. The zero-order valence-electron chi connectivity index (χ0n) is 6.47. The molecule has 0 rings (SSSR count). The van der Waals surface area contributed by atoms with Crippen LogP contribution in [0.3, 0.4) is 0 Å². The molecule has 0 aliphatic heterocycles. The molecule has 0 bridgehead atoms. The average Bonchev–Trinajstić information content (AvgIpc) is 1.90. The summed E-state index contributed by atoms with van der Waals surface area (Å²) in [5.74, 6) is 0. The molecule has 0 aromatic rings. The Kier molecular flexibility index (Phi) is 4.40. The molecule has 0 fully saturated rings. The summed E-state index contributed by atoms with van der Waals surface area (Å²) < 4.78 is 0. The molecule has 1 unspecified atom stereocenters. The molecule has 0 aromatic heterocycles. The Hall–Kier alpha value is -0.280. The highest BCUT2D eigenvalue weighted by Gasteiger charge is 2.14. The first-order chi connectivity index (χ1) is 4.63. The van der Waals surface area contributed by atoms with Crippen LogP contribution in [-0.4, -0.2) is 29.9 Å². The van der Waals surface area contributed by atoms with Crippen LogP contribution in [0.1, 0.15) is 13.8 Å². The number of hydrogen-bond donors (Lipinski definition) is 1. The summed E-state index contributed by atoms with van der Waals surface area (Å²) in [4.78, 5) is 4.83. The first-order valence-corrected chi connectivity index (χ1v) is 3.54. The molecule has 0 aliphatic rings. The normalized spacial score (nSPS) is 16.0. The van der Waals surface area contributed by atoms with Crippen LogP contribution in [0.25, 0.3) is 0 Å². The molecule has 4 heteroatoms. The van der Waals surface area contributed by atoms with E-state index < -0.39 is 0 Å². The Bertz CT molecular complexity index is 108. The van der Waals surface area contributed by atoms with Crippen LogP contribution in [0.2, 0.25) is 0 Å². The van der Waals surface area contributed by atoms with E-state index in [1.807, 2.05) is 13.8 Å². The number of hydroxylamine groups is 2. The molecule has 0 spiro atoms. The molecule has 60 valence electrons. The van der Waals surface area contributed by atoms with Gasteiger partial charge in [0.15, 0.2) is 0 Å². The largest absolute Gasteiger partial charge is 0.289 e. The van der Waals surface area contributed by atoms with Crippen molar-refractivity contribution in [1.82, 2.24) is 5.06 Å². The molecule has 0 saturated carbocycles. The van der Waals surface area contributed by atoms with Gasteiger partial charge in [0.1, 0.15) is 6.34 Å². The van der Waals surface area contributed by atoms with E-state index in [1.54, 1.807) is 0 Å². The van der Waals surface area contributed by atoms with Crippen LogP contribution in [0, 0.1) is 5.41 Å². The maximum absolute atomic E-state index is 6.90. The van der Waals surface area contributed by atoms with Gasteiger partial charge in [0.05, 0.1) is 18.5 Å². The highest BCUT2D eigenvalue weighted by Crippen LogP contribution is 2.07. The van der Waals surface area contributed by atoms with E-state index in [-0.39, 0.29) is 11.4 Å². The third-order valence-corrected chi connectivity index (χ3v) is 1.77. The minimum atomic E-state index is -0.0263. The fourth-order valence-electron chi connectivity index (χ4n) is 0.539. The third kappa shape index (κ3) is 2.54. The molecule has 10 heavy (non-hydrogen) atoms. The molecule has 0 heterocycles. The van der Waals surface area contributed by atoms with Crippen molar-refractivity contribution >= 4 is 17.9 Å². The number of alkyl halides is 1. The average molecular weight is 165 g/mol. The van der Waals surface area contributed by atoms with Gasteiger partial charge in [-0.2, -0.15) is 0 Å². The van der Waals surface area contributed by atoms with Gasteiger partial charge < -0.3 is 0 Å². The molecule has 2 atom stereocenters. The van der Waals surface area contributed by atoms with Crippen molar-refractivity contribution in [2.75, 3.05) is 7.11 Å². The van der Waals surface area contributed by atoms with E-state index in [0.717, 1.165) is 6.34 Å². The second kappa shape index (κ2) is 4.52. The summed E-state index contributed by atoms with van der Waals surface area (Å²) in [7, 11) is 1.51. The number of nitrogens with one attached hydrogen (secondary N) is 1. The van der Waals surface area contributed by atoms with Crippen molar-refractivity contribution in [2.24, 2.45) is 0 Å². The lowest BCUT2D eigenvalue weighted by Crippen LogP contribution is -2.35. The third-order valence-electron chi connectivity index (χ3n) is 1.40. The van der Waals surface area contributed by atoms with Gasteiger partial charge in [-0.1, -0.05) is 0 Å². The Morgan fingerprint density at radius 1 is 1.60 bits per heavy atom. The van der Waals surface area contributed by atoms with Gasteiger partial charge in [0.25, 0.3) is 0 Å². The zero-order chi connectivity index (χ0) is 8.15. The van der Waals surface area contributed by atoms with Crippen molar-refractivity contribution < 1.29 is 4.84 Å². The highest BCUT2D eigenvalue weighted by atomic mass is 35.5. The van der Waals surface area contributed by atoms with Gasteiger partial charge in [-0.15, -0.1) is 11.6 Å². The minimum absolute atomic E-state index is 0.0263. The fourth-order valence-corrected chi connectivity index (χ4v) is 0.650. The summed E-state index contributed by atoms with van der Waals surface area (Å²) >= 11 is 5.76. The smallest absolute Gasteiger partial charge is 0.107 e. The molecule has 0 saturated heterocycles. The van der Waals surface area contributed by atoms with E-state index in [9.17, 15) is 0 Å². The molecule has 0 aliphatic carbocycles. The lowest BCUT2D eigenvalue weighted by molar-refractivity contribution is -0.0874. The molecule has 3 nitrogen and oxygen atoms in total. The Morgan fingerprint density at radius 2 is 2.10 bits per heavy atom. The summed E-state index contributed by atoms with van der Waals surface area (Å²) in [5.41, 5.74) is 0. The summed E-state index contributed by atoms with van der Waals surface area (Å²) in [6, 6.07) is 0.0316. The number of hydrogen-bond acceptors (Lipinski definition) is 2. The Balaban J connectivity index is 3.87. The summed E-state index contributed by atoms with van der Waals surface area (Å²) in [6.45, 7) is 3.76. The molecule has 0 aromatic carbocycles. The van der Waals surface area contributed by atoms with Gasteiger partial charge in [-0.3, -0.25) is 10.2 Å². The van der Waals surface area contributed by atoms with Crippen molar-refractivity contribution in [1.29, 1.82) is 5.41 Å². The second-order valence-electron chi connectivity index (χ2n) is 2.09. The SMILES string of the molecule is CON(C=N)C(C)[C@@H](C)Cl. The first-order valence-electron chi connectivity index (χ1n) is 3.10. The van der Waals surface area contributed by atoms with Gasteiger partial charge in [0, 0.05) is 0 Å². The maximum Gasteiger partial charge on any atom is 0.107 e. The predicted octanol–water partition coefficient (Wildman–Crippen LogP) is 1.47. The molecule has 1 N–H and O–H groups in total. The van der Waals surface area contributed by atoms with Crippen molar-refractivity contribution in [2.45, 2.75) is 25.3 Å². The highest BCUT2D eigenvalue weighted by molar-refractivity contribution is 6.20. The van der Waals surface area contributed by atoms with E-state index in [1.165, 1.54) is 12.2 Å². The summed E-state index contributed by atoms with van der Waals surface area (Å²) in [5, 5.41) is 8.28. The zero-order valence-corrected chi connectivity index (χ0v) is 7.22. The van der Waals surface area contributed by atoms with Crippen LogP contribution in [0.4, 0.5) is 0 Å². The predicted molar refractivity (Wildman–Crippen MR) is 42.4 cm³/mol. The number of nitrogens with zero attached hydrogens (tertiary/aromatic N) is 1. The Labute approximate surface area is 66.4 Å². The lowest BCUT2D eigenvalue weighted by Gasteiger charge is -2.25. The van der Waals surface area contributed by atoms with E-state index in [4.69, 9.17) is 21.8 Å². The van der Waals surface area contributed by atoms with Crippen molar-refractivity contribution in [3.05, 3.63) is 0 Å². The monoisotopic (exact) mass is 164 g/mol. The Morgan fingerprint density at radius 3 is 2.20 bits per heavy atom. The van der Waals surface area contributed by atoms with E-state index in [0.29, 0.717) is 0 Å². The van der Waals surface area contributed by atoms with Gasteiger partial charge in [-0.25, -0.2) is 5.06 Å².